The molecule has 2 aromatic carbocycles. The van der Waals surface area contributed by atoms with Crippen LogP contribution in [0.1, 0.15) is 6.92 Å². The Kier molecular flexibility index (Phi) is 5.37. The predicted molar refractivity (Wildman–Crippen MR) is 99.7 cm³/mol. The average Bonchev–Trinajstić information content (AvgIpc) is 3.04. The summed E-state index contributed by atoms with van der Waals surface area (Å²) < 4.78 is 5.48. The summed E-state index contributed by atoms with van der Waals surface area (Å²) in [5, 5.41) is 14.1. The summed E-state index contributed by atoms with van der Waals surface area (Å²) in [5.41, 5.74) is 1.77. The lowest BCUT2D eigenvalue weighted by atomic mass is 10.3. The van der Waals surface area contributed by atoms with E-state index in [4.69, 9.17) is 4.74 Å². The second-order valence-corrected chi connectivity index (χ2v) is 6.23. The molecule has 0 bridgehead atoms. The monoisotopic (exact) mass is 372 g/mol. The number of hydrogen-bond acceptors (Lipinski definition) is 6. The van der Waals surface area contributed by atoms with Crippen LogP contribution < -0.4 is 10.1 Å². The van der Waals surface area contributed by atoms with Gasteiger partial charge in [-0.2, -0.15) is 0 Å². The Morgan fingerprint density at radius 2 is 2.15 bits per heavy atom. The van der Waals surface area contributed by atoms with Gasteiger partial charge in [-0.3, -0.25) is 14.9 Å². The minimum absolute atomic E-state index is 0.0111. The molecular formula is C17H16N4O4S. The summed E-state index contributed by atoms with van der Waals surface area (Å²) in [6.45, 7) is 2.38. The number of para-hydroxylation sites is 2. The number of carbonyl (C=O) groups is 1. The molecule has 1 amide bonds. The molecule has 1 heterocycles. The number of rotatable bonds is 7. The van der Waals surface area contributed by atoms with E-state index in [1.807, 2.05) is 19.1 Å². The van der Waals surface area contributed by atoms with Crippen LogP contribution in [0.5, 0.6) is 5.75 Å². The largest absolute Gasteiger partial charge is 0.492 e. The molecule has 1 aromatic heterocycles. The highest BCUT2D eigenvalue weighted by Gasteiger charge is 2.12. The molecule has 0 saturated carbocycles. The van der Waals surface area contributed by atoms with Gasteiger partial charge in [0.25, 0.3) is 5.69 Å². The van der Waals surface area contributed by atoms with Crippen molar-refractivity contribution in [2.75, 3.05) is 17.7 Å². The lowest BCUT2D eigenvalue weighted by Crippen LogP contribution is -2.15. The van der Waals surface area contributed by atoms with Crippen LogP contribution in [0.25, 0.3) is 11.0 Å². The van der Waals surface area contributed by atoms with Gasteiger partial charge in [-0.05, 0) is 25.1 Å². The first-order valence-corrected chi connectivity index (χ1v) is 8.84. The molecule has 0 radical (unpaired) electrons. The number of nitrogens with one attached hydrogen (secondary N) is 2. The van der Waals surface area contributed by atoms with E-state index in [-0.39, 0.29) is 17.3 Å². The van der Waals surface area contributed by atoms with Gasteiger partial charge in [0, 0.05) is 12.1 Å². The van der Waals surface area contributed by atoms with Crippen molar-refractivity contribution >= 4 is 40.1 Å². The maximum Gasteiger partial charge on any atom is 0.271 e. The number of nitrogens with zero attached hydrogens (tertiary/aromatic N) is 2. The topological polar surface area (TPSA) is 110 Å². The first kappa shape index (κ1) is 17.7. The summed E-state index contributed by atoms with van der Waals surface area (Å²) >= 11 is 1.22. The third-order valence-electron chi connectivity index (χ3n) is 3.46. The van der Waals surface area contributed by atoms with Crippen LogP contribution in [0.3, 0.4) is 0 Å². The van der Waals surface area contributed by atoms with Crippen molar-refractivity contribution in [1.29, 1.82) is 0 Å². The first-order chi connectivity index (χ1) is 12.6. The van der Waals surface area contributed by atoms with Crippen LogP contribution in [0, 0.1) is 10.1 Å². The molecule has 0 aliphatic carbocycles. The fourth-order valence-electron chi connectivity index (χ4n) is 2.33. The van der Waals surface area contributed by atoms with Crippen molar-refractivity contribution in [2.24, 2.45) is 0 Å². The number of non-ortho nitro benzene ring substituents is 1. The van der Waals surface area contributed by atoms with E-state index in [1.165, 1.54) is 23.9 Å². The predicted octanol–water partition coefficient (Wildman–Crippen LogP) is 3.60. The fraction of sp³-hybridized carbons (Fsp3) is 0.176. The van der Waals surface area contributed by atoms with Crippen LogP contribution in [-0.2, 0) is 4.79 Å². The zero-order valence-electron chi connectivity index (χ0n) is 13.9. The quantitative estimate of drug-likeness (QED) is 0.372. The van der Waals surface area contributed by atoms with E-state index >= 15 is 0 Å². The first-order valence-electron chi connectivity index (χ1n) is 7.85. The second-order valence-electron chi connectivity index (χ2n) is 5.27. The number of ether oxygens (including phenoxy) is 1. The number of fused-ring (bicyclic) bond motifs is 1. The number of benzene rings is 2. The molecule has 0 atom stereocenters. The van der Waals surface area contributed by atoms with Crippen molar-refractivity contribution in [2.45, 2.75) is 12.1 Å². The molecule has 3 rings (SSSR count). The standard InChI is InChI=1S/C17H16N4O4S/c1-2-25-15-6-4-3-5-13(15)18-16(22)10-26-17-19-12-8-7-11(21(23)24)9-14(12)20-17/h3-9H,2,10H2,1H3,(H,18,22)(H,19,20). The Bertz CT molecular complexity index is 957. The van der Waals surface area contributed by atoms with Crippen LogP contribution in [0.2, 0.25) is 0 Å². The SMILES string of the molecule is CCOc1ccccc1NC(=O)CSc1nc2ccc([N+](=O)[O-])cc2[nH]1. The summed E-state index contributed by atoms with van der Waals surface area (Å²) in [5.74, 6) is 0.556. The van der Waals surface area contributed by atoms with Gasteiger partial charge in [0.2, 0.25) is 5.91 Å². The number of hydrogen-bond donors (Lipinski definition) is 2. The van der Waals surface area contributed by atoms with Gasteiger partial charge < -0.3 is 15.0 Å². The van der Waals surface area contributed by atoms with E-state index in [0.717, 1.165) is 0 Å². The Morgan fingerprint density at radius 1 is 1.35 bits per heavy atom. The fourth-order valence-corrected chi connectivity index (χ4v) is 3.01. The zero-order valence-corrected chi connectivity index (χ0v) is 14.7. The molecule has 26 heavy (non-hydrogen) atoms. The molecule has 0 aliphatic rings. The minimum atomic E-state index is -0.462. The number of thioether (sulfide) groups is 1. The van der Waals surface area contributed by atoms with E-state index in [9.17, 15) is 14.9 Å². The summed E-state index contributed by atoms with van der Waals surface area (Å²) in [6.07, 6.45) is 0. The van der Waals surface area contributed by atoms with Crippen molar-refractivity contribution in [3.8, 4) is 5.75 Å². The Morgan fingerprint density at radius 3 is 2.92 bits per heavy atom. The molecule has 0 unspecified atom stereocenters. The number of amides is 1. The number of imidazole rings is 1. The highest BCUT2D eigenvalue weighted by Crippen LogP contribution is 2.25. The number of carbonyl (C=O) groups excluding carboxylic acids is 1. The zero-order chi connectivity index (χ0) is 18.5. The second kappa shape index (κ2) is 7.87. The molecular weight excluding hydrogens is 356 g/mol. The number of nitro groups is 1. The van der Waals surface area contributed by atoms with Gasteiger partial charge in [-0.15, -0.1) is 0 Å². The summed E-state index contributed by atoms with van der Waals surface area (Å²) in [7, 11) is 0. The molecule has 9 heteroatoms. The van der Waals surface area contributed by atoms with Crippen molar-refractivity contribution in [3.05, 3.63) is 52.6 Å². The van der Waals surface area contributed by atoms with Crippen LogP contribution in [0.4, 0.5) is 11.4 Å². The number of H-pyrrole nitrogens is 1. The molecule has 134 valence electrons. The van der Waals surface area contributed by atoms with Crippen molar-refractivity contribution in [3.63, 3.8) is 0 Å². The third kappa shape index (κ3) is 4.12. The normalized spacial score (nSPS) is 10.7. The maximum atomic E-state index is 12.2. The number of nitro benzene ring substituents is 1. The van der Waals surface area contributed by atoms with E-state index in [0.29, 0.717) is 34.2 Å². The van der Waals surface area contributed by atoms with Crippen LogP contribution in [-0.4, -0.2) is 33.2 Å². The Labute approximate surface area is 153 Å². The van der Waals surface area contributed by atoms with E-state index in [2.05, 4.69) is 15.3 Å². The van der Waals surface area contributed by atoms with E-state index in [1.54, 1.807) is 18.2 Å². The number of anilines is 1. The van der Waals surface area contributed by atoms with Gasteiger partial charge in [-0.25, -0.2) is 4.98 Å². The van der Waals surface area contributed by atoms with Crippen molar-refractivity contribution in [1.82, 2.24) is 9.97 Å². The van der Waals surface area contributed by atoms with Gasteiger partial charge in [0.05, 0.1) is 34.0 Å². The molecule has 8 nitrogen and oxygen atoms in total. The summed E-state index contributed by atoms with van der Waals surface area (Å²) in [6, 6.07) is 11.6. The molecule has 0 aliphatic heterocycles. The van der Waals surface area contributed by atoms with Gasteiger partial charge in [0.1, 0.15) is 5.75 Å². The average molecular weight is 372 g/mol. The smallest absolute Gasteiger partial charge is 0.271 e. The van der Waals surface area contributed by atoms with Gasteiger partial charge in [0.15, 0.2) is 5.16 Å². The molecule has 0 fully saturated rings. The number of aromatic amines is 1. The van der Waals surface area contributed by atoms with Crippen LogP contribution >= 0.6 is 11.8 Å². The minimum Gasteiger partial charge on any atom is -0.492 e. The van der Waals surface area contributed by atoms with Gasteiger partial charge >= 0.3 is 0 Å². The maximum absolute atomic E-state index is 12.2. The molecule has 3 aromatic rings. The van der Waals surface area contributed by atoms with Crippen molar-refractivity contribution < 1.29 is 14.5 Å². The third-order valence-corrected chi connectivity index (χ3v) is 4.33. The summed E-state index contributed by atoms with van der Waals surface area (Å²) in [4.78, 5) is 29.8. The lowest BCUT2D eigenvalue weighted by molar-refractivity contribution is -0.384. The van der Waals surface area contributed by atoms with E-state index < -0.39 is 4.92 Å². The number of aromatic nitrogens is 2. The lowest BCUT2D eigenvalue weighted by Gasteiger charge is -2.10. The Hall–Kier alpha value is -3.07. The molecule has 0 spiro atoms. The highest BCUT2D eigenvalue weighted by atomic mass is 32.2. The highest BCUT2D eigenvalue weighted by molar-refractivity contribution is 7.99. The molecule has 0 saturated heterocycles. The van der Waals surface area contributed by atoms with Gasteiger partial charge in [-0.1, -0.05) is 23.9 Å². The molecule has 2 N–H and O–H groups in total. The van der Waals surface area contributed by atoms with Crippen LogP contribution in [0.15, 0.2) is 47.6 Å². The Balaban J connectivity index is 1.64.